The first-order valence-electron chi connectivity index (χ1n) is 7.33. The van der Waals surface area contributed by atoms with E-state index in [4.69, 9.17) is 4.42 Å². The Morgan fingerprint density at radius 3 is 2.67 bits per heavy atom. The van der Waals surface area contributed by atoms with Crippen LogP contribution in [0.3, 0.4) is 0 Å². The Morgan fingerprint density at radius 1 is 1.29 bits per heavy atom. The quantitative estimate of drug-likeness (QED) is 0.673. The third-order valence-electron chi connectivity index (χ3n) is 3.31. The van der Waals surface area contributed by atoms with Gasteiger partial charge in [0.1, 0.15) is 17.3 Å². The number of phenols is 1. The number of nitrogens with zero attached hydrogens (tertiary/aromatic N) is 2. The van der Waals surface area contributed by atoms with E-state index >= 15 is 0 Å². The number of benzene rings is 1. The number of rotatable bonds is 4. The molecule has 24 heavy (non-hydrogen) atoms. The number of aryl methyl sites for hydroxylation is 1. The van der Waals surface area contributed by atoms with E-state index in [0.29, 0.717) is 28.1 Å². The van der Waals surface area contributed by atoms with Crippen molar-refractivity contribution in [3.8, 4) is 5.75 Å². The zero-order valence-electron chi connectivity index (χ0n) is 13.1. The van der Waals surface area contributed by atoms with Crippen molar-refractivity contribution in [2.24, 2.45) is 4.99 Å². The molecule has 122 valence electrons. The number of thioether (sulfide) groups is 1. The largest absolute Gasteiger partial charge is 0.508 e. The normalized spacial score (nSPS) is 17.9. The SMILES string of the molecule is C=CCN1C(=O)/C(=C/c2ccc(C)o2)SC1=Nc1ccc(O)cc1. The summed E-state index contributed by atoms with van der Waals surface area (Å²) in [5, 5.41) is 9.92. The van der Waals surface area contributed by atoms with Crippen LogP contribution in [0.4, 0.5) is 5.69 Å². The minimum atomic E-state index is -0.133. The highest BCUT2D eigenvalue weighted by atomic mass is 32.2. The second-order valence-electron chi connectivity index (χ2n) is 5.17. The highest BCUT2D eigenvalue weighted by Crippen LogP contribution is 2.34. The Kier molecular flexibility index (Phi) is 4.57. The highest BCUT2D eigenvalue weighted by Gasteiger charge is 2.32. The monoisotopic (exact) mass is 340 g/mol. The van der Waals surface area contributed by atoms with Crippen molar-refractivity contribution in [1.29, 1.82) is 0 Å². The van der Waals surface area contributed by atoms with Crippen LogP contribution >= 0.6 is 11.8 Å². The van der Waals surface area contributed by atoms with E-state index < -0.39 is 0 Å². The van der Waals surface area contributed by atoms with Crippen LogP contribution in [0, 0.1) is 6.92 Å². The first-order valence-corrected chi connectivity index (χ1v) is 8.15. The number of hydrogen-bond acceptors (Lipinski definition) is 5. The van der Waals surface area contributed by atoms with Gasteiger partial charge in [0.2, 0.25) is 0 Å². The van der Waals surface area contributed by atoms with E-state index in [-0.39, 0.29) is 11.7 Å². The second kappa shape index (κ2) is 6.80. The van der Waals surface area contributed by atoms with Crippen LogP contribution in [0.5, 0.6) is 5.75 Å². The topological polar surface area (TPSA) is 66.0 Å². The molecule has 0 spiro atoms. The van der Waals surface area contributed by atoms with Gasteiger partial charge in [-0.05, 0) is 55.1 Å². The molecule has 0 aliphatic carbocycles. The van der Waals surface area contributed by atoms with Crippen molar-refractivity contribution in [2.75, 3.05) is 6.54 Å². The maximum Gasteiger partial charge on any atom is 0.267 e. The molecule has 1 aromatic heterocycles. The number of aromatic hydroxyl groups is 1. The van der Waals surface area contributed by atoms with Crippen molar-refractivity contribution in [3.05, 3.63) is 65.5 Å². The number of carbonyl (C=O) groups excluding carboxylic acids is 1. The van der Waals surface area contributed by atoms with Crippen molar-refractivity contribution >= 4 is 34.6 Å². The van der Waals surface area contributed by atoms with Crippen LogP contribution in [0.2, 0.25) is 0 Å². The molecule has 2 aromatic rings. The van der Waals surface area contributed by atoms with Gasteiger partial charge in [-0.15, -0.1) is 6.58 Å². The van der Waals surface area contributed by atoms with Crippen LogP contribution in [0.15, 0.2) is 63.4 Å². The molecular formula is C18H16N2O3S. The van der Waals surface area contributed by atoms with Gasteiger partial charge in [-0.25, -0.2) is 4.99 Å². The summed E-state index contributed by atoms with van der Waals surface area (Å²) in [7, 11) is 0. The van der Waals surface area contributed by atoms with E-state index in [9.17, 15) is 9.90 Å². The van der Waals surface area contributed by atoms with Crippen LogP contribution < -0.4 is 0 Å². The summed E-state index contributed by atoms with van der Waals surface area (Å²) in [5.74, 6) is 1.46. The average molecular weight is 340 g/mol. The van der Waals surface area contributed by atoms with Gasteiger partial charge >= 0.3 is 0 Å². The van der Waals surface area contributed by atoms with Crippen molar-refractivity contribution < 1.29 is 14.3 Å². The van der Waals surface area contributed by atoms with Crippen molar-refractivity contribution in [3.63, 3.8) is 0 Å². The van der Waals surface area contributed by atoms with Gasteiger partial charge in [-0.3, -0.25) is 9.69 Å². The maximum absolute atomic E-state index is 12.6. The Bertz CT molecular complexity index is 834. The van der Waals surface area contributed by atoms with Gasteiger partial charge in [-0.2, -0.15) is 0 Å². The summed E-state index contributed by atoms with van der Waals surface area (Å²) in [5.41, 5.74) is 0.659. The third kappa shape index (κ3) is 3.44. The van der Waals surface area contributed by atoms with Gasteiger partial charge < -0.3 is 9.52 Å². The molecule has 1 aromatic carbocycles. The molecule has 6 heteroatoms. The number of aliphatic imine (C=N–C) groups is 1. The van der Waals surface area contributed by atoms with Gasteiger partial charge in [0, 0.05) is 12.6 Å². The first-order chi connectivity index (χ1) is 11.6. The number of amides is 1. The first kappa shape index (κ1) is 16.1. The lowest BCUT2D eigenvalue weighted by atomic mass is 10.3. The van der Waals surface area contributed by atoms with Crippen molar-refractivity contribution in [1.82, 2.24) is 4.90 Å². The van der Waals surface area contributed by atoms with Crippen LogP contribution in [0.1, 0.15) is 11.5 Å². The Labute approximate surface area is 144 Å². The number of hydrogen-bond donors (Lipinski definition) is 1. The van der Waals surface area contributed by atoms with Crippen molar-refractivity contribution in [2.45, 2.75) is 6.92 Å². The van der Waals surface area contributed by atoms with E-state index in [1.54, 1.807) is 41.3 Å². The number of furan rings is 1. The third-order valence-corrected chi connectivity index (χ3v) is 4.32. The Balaban J connectivity index is 1.93. The molecule has 1 amide bonds. The molecule has 1 fully saturated rings. The maximum atomic E-state index is 12.6. The molecule has 1 aliphatic rings. The summed E-state index contributed by atoms with van der Waals surface area (Å²) in [6.07, 6.45) is 3.38. The smallest absolute Gasteiger partial charge is 0.267 e. The zero-order valence-corrected chi connectivity index (χ0v) is 13.9. The summed E-state index contributed by atoms with van der Waals surface area (Å²) in [4.78, 5) is 19.2. The fraction of sp³-hybridized carbons (Fsp3) is 0.111. The summed E-state index contributed by atoms with van der Waals surface area (Å²) in [6.45, 7) is 5.92. The summed E-state index contributed by atoms with van der Waals surface area (Å²) < 4.78 is 5.51. The van der Waals surface area contributed by atoms with E-state index in [1.165, 1.54) is 11.8 Å². The number of phenolic OH excluding ortho intramolecular Hbond substituents is 1. The Hall–Kier alpha value is -2.73. The molecule has 0 bridgehead atoms. The van der Waals surface area contributed by atoms with Crippen LogP contribution in [-0.4, -0.2) is 27.6 Å². The minimum absolute atomic E-state index is 0.133. The minimum Gasteiger partial charge on any atom is -0.508 e. The van der Waals surface area contributed by atoms with E-state index in [2.05, 4.69) is 11.6 Å². The van der Waals surface area contributed by atoms with Crippen LogP contribution in [0.25, 0.3) is 6.08 Å². The molecule has 0 saturated carbocycles. The molecule has 1 saturated heterocycles. The van der Waals surface area contributed by atoms with Gasteiger partial charge in [0.25, 0.3) is 5.91 Å². The molecule has 3 rings (SSSR count). The number of amidine groups is 1. The summed E-state index contributed by atoms with van der Waals surface area (Å²) in [6, 6.07) is 10.2. The highest BCUT2D eigenvalue weighted by molar-refractivity contribution is 8.18. The molecule has 2 heterocycles. The second-order valence-corrected chi connectivity index (χ2v) is 6.18. The van der Waals surface area contributed by atoms with Gasteiger partial charge in [0.15, 0.2) is 5.17 Å². The predicted molar refractivity (Wildman–Crippen MR) is 96.1 cm³/mol. The fourth-order valence-electron chi connectivity index (χ4n) is 2.18. The molecule has 0 radical (unpaired) electrons. The molecule has 1 aliphatic heterocycles. The van der Waals surface area contributed by atoms with Gasteiger partial charge in [-0.1, -0.05) is 6.08 Å². The van der Waals surface area contributed by atoms with E-state index in [1.807, 2.05) is 19.1 Å². The molecule has 5 nitrogen and oxygen atoms in total. The molecular weight excluding hydrogens is 324 g/mol. The van der Waals surface area contributed by atoms with E-state index in [0.717, 1.165) is 5.76 Å². The zero-order chi connectivity index (χ0) is 17.1. The Morgan fingerprint density at radius 2 is 2.04 bits per heavy atom. The predicted octanol–water partition coefficient (Wildman–Crippen LogP) is 4.08. The number of carbonyl (C=O) groups is 1. The molecule has 0 atom stereocenters. The lowest BCUT2D eigenvalue weighted by Crippen LogP contribution is -2.29. The average Bonchev–Trinajstić information content (AvgIpc) is 3.09. The van der Waals surface area contributed by atoms with Gasteiger partial charge in [0.05, 0.1) is 10.6 Å². The standard InChI is InChI=1S/C18H16N2O3S/c1-3-10-20-17(22)16(11-15-9-4-12(2)23-15)24-18(20)19-13-5-7-14(21)8-6-13/h3-9,11,21H,1,10H2,2H3/b16-11-,19-18?. The lowest BCUT2D eigenvalue weighted by Gasteiger charge is -2.12. The molecule has 0 unspecified atom stereocenters. The molecule has 1 N–H and O–H groups in total. The lowest BCUT2D eigenvalue weighted by molar-refractivity contribution is -0.121. The van der Waals surface area contributed by atoms with Crippen LogP contribution in [-0.2, 0) is 4.79 Å². The fourth-order valence-corrected chi connectivity index (χ4v) is 3.17. The summed E-state index contributed by atoms with van der Waals surface area (Å²) >= 11 is 1.29.